The summed E-state index contributed by atoms with van der Waals surface area (Å²) in [5.74, 6) is 1.41. The number of pyridine rings is 1. The first-order valence-electron chi connectivity index (χ1n) is 6.15. The van der Waals surface area contributed by atoms with Crippen LogP contribution in [-0.2, 0) is 0 Å². The van der Waals surface area contributed by atoms with Crippen LogP contribution in [0.3, 0.4) is 0 Å². The third-order valence-corrected chi connectivity index (χ3v) is 2.76. The number of nitrogens with zero attached hydrogens (tertiary/aromatic N) is 2. The van der Waals surface area contributed by atoms with Crippen LogP contribution in [0.25, 0.3) is 0 Å². The van der Waals surface area contributed by atoms with Crippen molar-refractivity contribution in [3.8, 4) is 11.5 Å². The highest BCUT2D eigenvalue weighted by atomic mass is 16.5. The normalized spacial score (nSPS) is 12.0. The number of hydrogen-bond donors (Lipinski definition) is 1. The van der Waals surface area contributed by atoms with Crippen LogP contribution in [0.1, 0.15) is 18.7 Å². The van der Waals surface area contributed by atoms with Crippen molar-refractivity contribution in [3.63, 3.8) is 0 Å². The maximum absolute atomic E-state index is 9.39. The van der Waals surface area contributed by atoms with E-state index in [0.29, 0.717) is 11.4 Å². The molecule has 2 aromatic rings. The number of hydrogen-bond acceptors (Lipinski definition) is 4. The summed E-state index contributed by atoms with van der Waals surface area (Å²) in [6.07, 6.45) is 1.05. The molecule has 0 aliphatic rings. The molecule has 0 bridgehead atoms. The Morgan fingerprint density at radius 1 is 1.16 bits per heavy atom. The van der Waals surface area contributed by atoms with Crippen LogP contribution in [-0.4, -0.2) is 24.2 Å². The van der Waals surface area contributed by atoms with E-state index in [1.54, 1.807) is 25.3 Å². The molecule has 1 atom stereocenters. The van der Waals surface area contributed by atoms with Gasteiger partial charge in [0, 0.05) is 25.8 Å². The van der Waals surface area contributed by atoms with E-state index in [9.17, 15) is 5.11 Å². The zero-order valence-electron chi connectivity index (χ0n) is 11.4. The smallest absolute Gasteiger partial charge is 0.145 e. The molecule has 1 N–H and O–H groups in total. The van der Waals surface area contributed by atoms with Crippen LogP contribution in [0.4, 0.5) is 5.69 Å². The van der Waals surface area contributed by atoms with Gasteiger partial charge in [0.05, 0.1) is 18.0 Å². The monoisotopic (exact) mass is 258 g/mol. The van der Waals surface area contributed by atoms with Gasteiger partial charge in [0.25, 0.3) is 0 Å². The first kappa shape index (κ1) is 13.4. The first-order valence-corrected chi connectivity index (χ1v) is 6.15. The lowest BCUT2D eigenvalue weighted by atomic mass is 10.2. The third-order valence-electron chi connectivity index (χ3n) is 2.76. The second-order valence-electron chi connectivity index (χ2n) is 4.59. The lowest BCUT2D eigenvalue weighted by Gasteiger charge is -2.14. The van der Waals surface area contributed by atoms with Gasteiger partial charge in [0.1, 0.15) is 11.5 Å². The van der Waals surface area contributed by atoms with Gasteiger partial charge in [-0.05, 0) is 31.2 Å². The molecule has 0 unspecified atom stereocenters. The number of benzene rings is 1. The number of rotatable bonds is 4. The first-order chi connectivity index (χ1) is 9.06. The quantitative estimate of drug-likeness (QED) is 0.915. The van der Waals surface area contributed by atoms with Gasteiger partial charge >= 0.3 is 0 Å². The Bertz CT molecular complexity index is 536. The largest absolute Gasteiger partial charge is 0.456 e. The predicted molar refractivity (Wildman–Crippen MR) is 75.7 cm³/mol. The molecule has 0 saturated carbocycles. The van der Waals surface area contributed by atoms with Crippen LogP contribution >= 0.6 is 0 Å². The van der Waals surface area contributed by atoms with Gasteiger partial charge in [-0.25, -0.2) is 0 Å². The van der Waals surface area contributed by atoms with Crippen molar-refractivity contribution < 1.29 is 9.84 Å². The standard InChI is InChI=1S/C15H18N2O2/c1-11(18)15-8-7-14(10-16-15)19-13-6-4-5-12(9-13)17(2)3/h4-11,18H,1-3H3/t11-/m0/s1. The van der Waals surface area contributed by atoms with Crippen LogP contribution in [0.5, 0.6) is 11.5 Å². The Morgan fingerprint density at radius 3 is 2.53 bits per heavy atom. The molecule has 0 amide bonds. The molecule has 0 aliphatic carbocycles. The minimum Gasteiger partial charge on any atom is -0.456 e. The lowest BCUT2D eigenvalue weighted by Crippen LogP contribution is -2.08. The zero-order valence-corrected chi connectivity index (χ0v) is 11.4. The summed E-state index contributed by atoms with van der Waals surface area (Å²) < 4.78 is 5.73. The average molecular weight is 258 g/mol. The maximum Gasteiger partial charge on any atom is 0.145 e. The zero-order chi connectivity index (χ0) is 13.8. The Morgan fingerprint density at radius 2 is 1.95 bits per heavy atom. The van der Waals surface area contributed by atoms with Gasteiger partial charge in [0.2, 0.25) is 0 Å². The van der Waals surface area contributed by atoms with Gasteiger partial charge in [-0.15, -0.1) is 0 Å². The van der Waals surface area contributed by atoms with Gasteiger partial charge in [0.15, 0.2) is 0 Å². The Kier molecular flexibility index (Phi) is 4.02. The number of anilines is 1. The minimum atomic E-state index is -0.564. The minimum absolute atomic E-state index is 0.564. The van der Waals surface area contributed by atoms with Crippen LogP contribution in [0, 0.1) is 0 Å². The molecule has 1 aromatic heterocycles. The van der Waals surface area contributed by atoms with E-state index in [1.807, 2.05) is 43.3 Å². The van der Waals surface area contributed by atoms with Crippen LogP contribution in [0.15, 0.2) is 42.6 Å². The molecule has 19 heavy (non-hydrogen) atoms. The Labute approximate surface area is 113 Å². The van der Waals surface area contributed by atoms with Crippen molar-refractivity contribution >= 4 is 5.69 Å². The molecule has 0 aliphatic heterocycles. The van der Waals surface area contributed by atoms with E-state index in [4.69, 9.17) is 4.74 Å². The summed E-state index contributed by atoms with van der Waals surface area (Å²) in [5.41, 5.74) is 1.71. The molecule has 1 heterocycles. The molecule has 4 nitrogen and oxygen atoms in total. The topological polar surface area (TPSA) is 45.6 Å². The average Bonchev–Trinajstić information content (AvgIpc) is 2.39. The van der Waals surface area contributed by atoms with Crippen molar-refractivity contribution in [1.29, 1.82) is 0 Å². The summed E-state index contributed by atoms with van der Waals surface area (Å²) in [6.45, 7) is 1.68. The molecule has 2 rings (SSSR count). The van der Waals surface area contributed by atoms with E-state index in [1.165, 1.54) is 0 Å². The van der Waals surface area contributed by atoms with E-state index in [-0.39, 0.29) is 0 Å². The van der Waals surface area contributed by atoms with E-state index in [2.05, 4.69) is 4.98 Å². The SMILES string of the molecule is C[C@H](O)c1ccc(Oc2cccc(N(C)C)c2)cn1. The summed E-state index contributed by atoms with van der Waals surface area (Å²) in [5, 5.41) is 9.39. The third kappa shape index (κ3) is 3.45. The van der Waals surface area contributed by atoms with E-state index >= 15 is 0 Å². The second kappa shape index (κ2) is 5.71. The molecule has 100 valence electrons. The van der Waals surface area contributed by atoms with Gasteiger partial charge in [-0.3, -0.25) is 4.98 Å². The van der Waals surface area contributed by atoms with Gasteiger partial charge in [-0.1, -0.05) is 6.07 Å². The van der Waals surface area contributed by atoms with Gasteiger partial charge < -0.3 is 14.7 Å². The Balaban J connectivity index is 2.14. The molecule has 0 radical (unpaired) electrons. The van der Waals surface area contributed by atoms with Crippen molar-refractivity contribution in [2.75, 3.05) is 19.0 Å². The summed E-state index contributed by atoms with van der Waals surface area (Å²) in [7, 11) is 3.97. The molecular weight excluding hydrogens is 240 g/mol. The molecule has 4 heteroatoms. The summed E-state index contributed by atoms with van der Waals surface area (Å²) in [4.78, 5) is 6.16. The highest BCUT2D eigenvalue weighted by molar-refractivity contribution is 5.50. The molecule has 1 aromatic carbocycles. The molecular formula is C15H18N2O2. The molecule has 0 spiro atoms. The van der Waals surface area contributed by atoms with E-state index in [0.717, 1.165) is 11.4 Å². The molecule has 0 fully saturated rings. The number of ether oxygens (including phenoxy) is 1. The molecule has 0 saturated heterocycles. The highest BCUT2D eigenvalue weighted by Crippen LogP contribution is 2.25. The highest BCUT2D eigenvalue weighted by Gasteiger charge is 2.04. The second-order valence-corrected chi connectivity index (χ2v) is 4.59. The fourth-order valence-corrected chi connectivity index (χ4v) is 1.66. The lowest BCUT2D eigenvalue weighted by molar-refractivity contribution is 0.194. The maximum atomic E-state index is 9.39. The van der Waals surface area contributed by atoms with Gasteiger partial charge in [-0.2, -0.15) is 0 Å². The number of aliphatic hydroxyl groups is 1. The number of aliphatic hydroxyl groups excluding tert-OH is 1. The Hall–Kier alpha value is -2.07. The van der Waals surface area contributed by atoms with Crippen molar-refractivity contribution in [1.82, 2.24) is 4.98 Å². The van der Waals surface area contributed by atoms with Crippen LogP contribution < -0.4 is 9.64 Å². The fraction of sp³-hybridized carbons (Fsp3) is 0.267. The van der Waals surface area contributed by atoms with E-state index < -0.39 is 6.10 Å². The van der Waals surface area contributed by atoms with Crippen molar-refractivity contribution in [2.24, 2.45) is 0 Å². The summed E-state index contributed by atoms with van der Waals surface area (Å²) >= 11 is 0. The van der Waals surface area contributed by atoms with Crippen molar-refractivity contribution in [3.05, 3.63) is 48.3 Å². The fourth-order valence-electron chi connectivity index (χ4n) is 1.66. The summed E-state index contributed by atoms with van der Waals surface area (Å²) in [6, 6.07) is 11.4. The number of aromatic nitrogens is 1. The predicted octanol–water partition coefficient (Wildman–Crippen LogP) is 2.99. The van der Waals surface area contributed by atoms with Crippen molar-refractivity contribution in [2.45, 2.75) is 13.0 Å². The van der Waals surface area contributed by atoms with Crippen LogP contribution in [0.2, 0.25) is 0 Å².